The van der Waals surface area contributed by atoms with Gasteiger partial charge in [0.05, 0.1) is 34.5 Å². The van der Waals surface area contributed by atoms with E-state index in [4.69, 9.17) is 4.74 Å². The van der Waals surface area contributed by atoms with Gasteiger partial charge in [0.25, 0.3) is 5.91 Å². The van der Waals surface area contributed by atoms with Gasteiger partial charge < -0.3 is 24.4 Å². The number of carbonyl (C=O) groups is 2. The number of carbonyl (C=O) groups excluding carboxylic acids is 2. The zero-order valence-corrected chi connectivity index (χ0v) is 28.9. The van der Waals surface area contributed by atoms with E-state index < -0.39 is 12.2 Å². The zero-order valence-electron chi connectivity index (χ0n) is 28.9. The van der Waals surface area contributed by atoms with Gasteiger partial charge in [0, 0.05) is 49.4 Å². The number of benzene rings is 2. The summed E-state index contributed by atoms with van der Waals surface area (Å²) in [7, 11) is 2.19. The molecule has 3 saturated heterocycles. The molecule has 262 valence electrons. The van der Waals surface area contributed by atoms with E-state index >= 15 is 0 Å². The van der Waals surface area contributed by atoms with Gasteiger partial charge in [0.1, 0.15) is 0 Å². The summed E-state index contributed by atoms with van der Waals surface area (Å²) in [6, 6.07) is 11.8. The molecule has 5 aromatic rings. The number of likely N-dealkylation sites (tertiary alicyclic amines) is 3. The summed E-state index contributed by atoms with van der Waals surface area (Å²) >= 11 is 0. The third kappa shape index (κ3) is 6.25. The highest BCUT2D eigenvalue weighted by atomic mass is 16.6. The SMILES string of the molecule is Cc1cc(C[C@@H](OC(=O)N2CCC(n3c(=O)[nH]c4c5ccccc5ncc43)CC2)C(=O)N2CCC(C3CCN(C)CC3)CC2)cc2cn[nH]c12. The van der Waals surface area contributed by atoms with Crippen LogP contribution in [0.25, 0.3) is 32.8 Å². The molecule has 2 aromatic carbocycles. The number of hydrogen-bond acceptors (Lipinski definition) is 7. The molecule has 12 nitrogen and oxygen atoms in total. The van der Waals surface area contributed by atoms with Gasteiger partial charge in [-0.25, -0.2) is 9.59 Å². The largest absolute Gasteiger partial charge is 0.436 e. The number of ether oxygens (including phenoxy) is 1. The van der Waals surface area contributed by atoms with Gasteiger partial charge in [0.2, 0.25) is 0 Å². The number of aromatic amines is 2. The number of pyridine rings is 1. The second-order valence-corrected chi connectivity index (χ2v) is 14.7. The van der Waals surface area contributed by atoms with Crippen molar-refractivity contribution >= 4 is 44.8 Å². The van der Waals surface area contributed by atoms with Crippen molar-refractivity contribution < 1.29 is 14.3 Å². The Morgan fingerprint density at radius 2 is 1.60 bits per heavy atom. The number of amides is 2. The molecule has 8 rings (SSSR count). The lowest BCUT2D eigenvalue weighted by Crippen LogP contribution is -2.49. The summed E-state index contributed by atoms with van der Waals surface area (Å²) in [5.74, 6) is 1.24. The van der Waals surface area contributed by atoms with Crippen LogP contribution in [0.1, 0.15) is 55.7 Å². The highest BCUT2D eigenvalue weighted by molar-refractivity contribution is 6.01. The van der Waals surface area contributed by atoms with E-state index in [2.05, 4.69) is 32.1 Å². The number of H-pyrrole nitrogens is 2. The molecule has 3 fully saturated rings. The first-order valence-corrected chi connectivity index (χ1v) is 18.2. The van der Waals surface area contributed by atoms with Crippen LogP contribution in [0.4, 0.5) is 4.79 Å². The van der Waals surface area contributed by atoms with Crippen LogP contribution in [-0.2, 0) is 16.0 Å². The fourth-order valence-corrected chi connectivity index (χ4v) is 8.71. The first-order chi connectivity index (χ1) is 24.3. The number of para-hydroxylation sites is 1. The standard InChI is InChI=1S/C38H46N8O4/c1-24-19-25(20-28-22-40-42-34(24)28)21-33(36(47)44-15-9-27(10-16-44)26-7-13-43(2)14-8-26)50-38(49)45-17-11-29(12-18-45)46-32-23-39-31-6-4-3-5-30(31)35(32)41-37(46)48/h3-6,19-20,22-23,26-27,29,33H,7-18,21H2,1-2H3,(H,40,42)(H,41,48)/t33-/m1/s1. The molecule has 50 heavy (non-hydrogen) atoms. The van der Waals surface area contributed by atoms with E-state index in [9.17, 15) is 14.4 Å². The molecule has 2 amide bonds. The van der Waals surface area contributed by atoms with Crippen molar-refractivity contribution in [1.82, 2.24) is 39.4 Å². The Balaban J connectivity index is 0.961. The first kappa shape index (κ1) is 32.5. The average molecular weight is 679 g/mol. The monoisotopic (exact) mass is 678 g/mol. The summed E-state index contributed by atoms with van der Waals surface area (Å²) in [6.45, 7) is 6.54. The third-order valence-electron chi connectivity index (χ3n) is 11.6. The Labute approximate surface area is 290 Å². The Hall–Kier alpha value is -4.71. The summed E-state index contributed by atoms with van der Waals surface area (Å²) in [4.78, 5) is 54.7. The van der Waals surface area contributed by atoms with E-state index in [0.29, 0.717) is 51.4 Å². The Kier molecular flexibility index (Phi) is 8.80. The number of aromatic nitrogens is 5. The van der Waals surface area contributed by atoms with E-state index in [0.717, 1.165) is 75.8 Å². The third-order valence-corrected chi connectivity index (χ3v) is 11.6. The molecule has 3 aliphatic heterocycles. The number of nitrogens with one attached hydrogen (secondary N) is 2. The molecular weight excluding hydrogens is 632 g/mol. The molecule has 12 heteroatoms. The minimum atomic E-state index is -0.931. The van der Waals surface area contributed by atoms with Crippen molar-refractivity contribution in [2.24, 2.45) is 11.8 Å². The molecule has 0 saturated carbocycles. The van der Waals surface area contributed by atoms with Crippen LogP contribution in [0.15, 0.2) is 53.6 Å². The molecule has 3 aromatic heterocycles. The van der Waals surface area contributed by atoms with Crippen molar-refractivity contribution in [3.63, 3.8) is 0 Å². The molecule has 3 aliphatic rings. The topological polar surface area (TPSA) is 132 Å². The maximum Gasteiger partial charge on any atom is 0.410 e. The number of piperidine rings is 3. The van der Waals surface area contributed by atoms with E-state index in [1.165, 1.54) is 12.8 Å². The van der Waals surface area contributed by atoms with Crippen LogP contribution in [0.2, 0.25) is 0 Å². The predicted molar refractivity (Wildman–Crippen MR) is 192 cm³/mol. The van der Waals surface area contributed by atoms with Gasteiger partial charge in [-0.05, 0) is 101 Å². The Bertz CT molecular complexity index is 2080. The van der Waals surface area contributed by atoms with Crippen molar-refractivity contribution in [2.75, 3.05) is 46.3 Å². The number of fused-ring (bicyclic) bond motifs is 4. The van der Waals surface area contributed by atoms with Gasteiger partial charge in [0.15, 0.2) is 6.10 Å². The number of aryl methyl sites for hydroxylation is 1. The molecule has 1 atom stereocenters. The van der Waals surface area contributed by atoms with Crippen LogP contribution in [0.3, 0.4) is 0 Å². The number of imidazole rings is 1. The molecular formula is C38H46N8O4. The van der Waals surface area contributed by atoms with Crippen LogP contribution in [0.5, 0.6) is 0 Å². The average Bonchev–Trinajstić information content (AvgIpc) is 3.76. The van der Waals surface area contributed by atoms with Crippen LogP contribution in [-0.4, -0.2) is 104 Å². The molecule has 0 aliphatic carbocycles. The van der Waals surface area contributed by atoms with Gasteiger partial charge in [-0.2, -0.15) is 5.10 Å². The van der Waals surface area contributed by atoms with Gasteiger partial charge >= 0.3 is 11.8 Å². The minimum Gasteiger partial charge on any atom is -0.436 e. The molecule has 6 heterocycles. The summed E-state index contributed by atoms with van der Waals surface area (Å²) in [5.41, 5.74) is 5.14. The van der Waals surface area contributed by atoms with Crippen molar-refractivity contribution in [1.29, 1.82) is 0 Å². The lowest BCUT2D eigenvalue weighted by Gasteiger charge is -2.40. The number of rotatable bonds is 6. The van der Waals surface area contributed by atoms with Gasteiger partial charge in [-0.3, -0.25) is 19.4 Å². The number of hydrogen-bond donors (Lipinski definition) is 2. The summed E-state index contributed by atoms with van der Waals surface area (Å²) in [6.07, 6.45) is 8.04. The second kappa shape index (κ2) is 13.5. The van der Waals surface area contributed by atoms with Crippen molar-refractivity contribution in [3.8, 4) is 0 Å². The lowest BCUT2D eigenvalue weighted by molar-refractivity contribution is -0.142. The fraction of sp³-hybridized carbons (Fsp3) is 0.500. The number of nitrogens with zero attached hydrogens (tertiary/aromatic N) is 6. The van der Waals surface area contributed by atoms with Crippen LogP contribution < -0.4 is 5.69 Å². The highest BCUT2D eigenvalue weighted by Gasteiger charge is 2.36. The lowest BCUT2D eigenvalue weighted by atomic mass is 9.79. The van der Waals surface area contributed by atoms with Gasteiger partial charge in [-0.15, -0.1) is 0 Å². The Morgan fingerprint density at radius 3 is 2.36 bits per heavy atom. The van der Waals surface area contributed by atoms with E-state index in [-0.39, 0.29) is 17.6 Å². The normalized spacial score (nSPS) is 19.5. The Morgan fingerprint density at radius 1 is 0.900 bits per heavy atom. The maximum absolute atomic E-state index is 14.2. The van der Waals surface area contributed by atoms with Crippen LogP contribution >= 0.6 is 0 Å². The van der Waals surface area contributed by atoms with E-state index in [1.807, 2.05) is 48.2 Å². The first-order valence-electron chi connectivity index (χ1n) is 18.2. The quantitative estimate of drug-likeness (QED) is 0.258. The molecule has 2 N–H and O–H groups in total. The van der Waals surface area contributed by atoms with E-state index in [1.54, 1.807) is 21.9 Å². The van der Waals surface area contributed by atoms with Gasteiger partial charge in [-0.1, -0.05) is 24.3 Å². The molecule has 0 radical (unpaired) electrons. The van der Waals surface area contributed by atoms with Crippen molar-refractivity contribution in [3.05, 3.63) is 70.4 Å². The predicted octanol–water partition coefficient (Wildman–Crippen LogP) is 5.03. The summed E-state index contributed by atoms with van der Waals surface area (Å²) < 4.78 is 7.93. The molecule has 0 bridgehead atoms. The smallest absolute Gasteiger partial charge is 0.410 e. The zero-order chi connectivity index (χ0) is 34.4. The summed E-state index contributed by atoms with van der Waals surface area (Å²) in [5, 5.41) is 9.10. The minimum absolute atomic E-state index is 0.0868. The fourth-order valence-electron chi connectivity index (χ4n) is 8.71. The second-order valence-electron chi connectivity index (χ2n) is 14.7. The van der Waals surface area contributed by atoms with Crippen LogP contribution in [0, 0.1) is 18.8 Å². The van der Waals surface area contributed by atoms with Crippen molar-refractivity contribution in [2.45, 2.75) is 64.0 Å². The molecule has 0 unspecified atom stereocenters. The highest BCUT2D eigenvalue weighted by Crippen LogP contribution is 2.33. The maximum atomic E-state index is 14.2. The molecule has 0 spiro atoms.